The number of hydrogen-bond donors (Lipinski definition) is 1. The normalized spacial score (nSPS) is 25.3. The van der Waals surface area contributed by atoms with Crippen LogP contribution in [0.3, 0.4) is 0 Å². The van der Waals surface area contributed by atoms with Crippen LogP contribution in [0.15, 0.2) is 35.4 Å². The predicted molar refractivity (Wildman–Crippen MR) is 181 cm³/mol. The van der Waals surface area contributed by atoms with Crippen molar-refractivity contribution >= 4 is 26.9 Å². The fraction of sp³-hybridized carbons (Fsp3) is 0.600. The number of aryl methyl sites for hydroxylation is 1. The first-order valence-corrected chi connectivity index (χ1v) is 19.1. The van der Waals surface area contributed by atoms with Crippen LogP contribution in [0, 0.1) is 23.1 Å². The minimum absolute atomic E-state index is 0.0578. The van der Waals surface area contributed by atoms with Crippen molar-refractivity contribution in [1.82, 2.24) is 23.7 Å². The summed E-state index contributed by atoms with van der Waals surface area (Å²) in [6.45, 7) is 4.14. The first kappa shape index (κ1) is 35.3. The maximum atomic E-state index is 16.1. The number of fused-ring (bicyclic) bond motifs is 9. The van der Waals surface area contributed by atoms with Crippen LogP contribution in [0.1, 0.15) is 87.4 Å². The lowest BCUT2D eigenvalue weighted by atomic mass is 9.74. The van der Waals surface area contributed by atoms with Crippen LogP contribution in [0.2, 0.25) is 0 Å². The van der Waals surface area contributed by atoms with Crippen LogP contribution in [0.5, 0.6) is 0 Å². The zero-order valence-corrected chi connectivity index (χ0v) is 28.9. The standard InChI is InChI=1S/C35H44F3N7O3S/c1-24-26-9-8-10-28(30(26)36)35(37,38)25-11-17-43(18-12-25)15-6-4-3-5-7-16-45-32-27(31(42-24)40-23-41-32)21-29(33(45)46)34(22-39)13-19-44(20-14-34)49(2,47)48/h8-10,21,23-25H,3-7,11-20H2,1-2H3,(H,40,41,42)/t24-/m1/s1. The van der Waals surface area contributed by atoms with E-state index in [0.717, 1.165) is 38.5 Å². The van der Waals surface area contributed by atoms with Gasteiger partial charge in [-0.15, -0.1) is 0 Å². The van der Waals surface area contributed by atoms with E-state index in [1.54, 1.807) is 17.6 Å². The molecule has 1 aromatic carbocycles. The van der Waals surface area contributed by atoms with Crippen molar-refractivity contribution < 1.29 is 21.6 Å². The van der Waals surface area contributed by atoms with Gasteiger partial charge in [-0.1, -0.05) is 37.5 Å². The lowest BCUT2D eigenvalue weighted by molar-refractivity contribution is -0.0880. The van der Waals surface area contributed by atoms with Gasteiger partial charge in [-0.3, -0.25) is 9.36 Å². The molecule has 2 saturated heterocycles. The van der Waals surface area contributed by atoms with E-state index < -0.39 is 44.7 Å². The van der Waals surface area contributed by atoms with Crippen LogP contribution in [0.4, 0.5) is 19.0 Å². The minimum atomic E-state index is -3.48. The minimum Gasteiger partial charge on any atom is -0.363 e. The Labute approximate surface area is 285 Å². The van der Waals surface area contributed by atoms with E-state index in [0.29, 0.717) is 49.9 Å². The van der Waals surface area contributed by atoms with Gasteiger partial charge in [0.2, 0.25) is 10.0 Å². The second-order valence-corrected chi connectivity index (χ2v) is 15.9. The number of pyridine rings is 1. The number of sulfonamides is 1. The molecule has 264 valence electrons. The van der Waals surface area contributed by atoms with Crippen molar-refractivity contribution in [2.24, 2.45) is 5.92 Å². The smallest absolute Gasteiger partial charge is 0.278 e. The van der Waals surface area contributed by atoms with E-state index in [4.69, 9.17) is 0 Å². The summed E-state index contributed by atoms with van der Waals surface area (Å²) in [7, 11) is -3.48. The van der Waals surface area contributed by atoms with Gasteiger partial charge in [-0.25, -0.2) is 35.9 Å². The van der Waals surface area contributed by atoms with Gasteiger partial charge in [-0.05, 0) is 71.1 Å². The third-order valence-corrected chi connectivity index (χ3v) is 12.1. The third-order valence-electron chi connectivity index (χ3n) is 10.8. The maximum absolute atomic E-state index is 16.1. The second-order valence-electron chi connectivity index (χ2n) is 13.9. The molecule has 14 heteroatoms. The van der Waals surface area contributed by atoms with Gasteiger partial charge in [0.1, 0.15) is 23.6 Å². The number of piperidine rings is 2. The SMILES string of the molecule is C[C@H]1Nc2ncnc3c2cc(C2(C#N)CCN(S(C)(=O)=O)CC2)c(=O)n3CCCCCCCN2CCC(CC2)C(F)(F)c2cccc1c2F. The first-order valence-electron chi connectivity index (χ1n) is 17.3. The van der Waals surface area contributed by atoms with Crippen molar-refractivity contribution in [3.05, 3.63) is 63.5 Å². The van der Waals surface area contributed by atoms with E-state index in [1.807, 2.05) is 0 Å². The molecule has 49 heavy (non-hydrogen) atoms. The quantitative estimate of drug-likeness (QED) is 0.362. The Kier molecular flexibility index (Phi) is 10.1. The fourth-order valence-electron chi connectivity index (χ4n) is 7.79. The molecule has 0 aliphatic carbocycles. The summed E-state index contributed by atoms with van der Waals surface area (Å²) < 4.78 is 75.3. The summed E-state index contributed by atoms with van der Waals surface area (Å²) in [5.74, 6) is -4.99. The predicted octanol–water partition coefficient (Wildman–Crippen LogP) is 5.69. The Morgan fingerprint density at radius 2 is 1.63 bits per heavy atom. The molecule has 1 atom stereocenters. The summed E-state index contributed by atoms with van der Waals surface area (Å²) in [6.07, 6.45) is 7.70. The highest BCUT2D eigenvalue weighted by molar-refractivity contribution is 7.88. The zero-order chi connectivity index (χ0) is 35.0. The molecular weight excluding hydrogens is 655 g/mol. The van der Waals surface area contributed by atoms with Gasteiger partial charge in [-0.2, -0.15) is 5.26 Å². The zero-order valence-electron chi connectivity index (χ0n) is 28.1. The maximum Gasteiger partial charge on any atom is 0.278 e. The van der Waals surface area contributed by atoms with E-state index >= 15 is 13.2 Å². The third kappa shape index (κ3) is 6.94. The van der Waals surface area contributed by atoms with Crippen molar-refractivity contribution in [2.45, 2.75) is 88.6 Å². The average molecular weight is 700 g/mol. The van der Waals surface area contributed by atoms with Gasteiger partial charge in [0, 0.05) is 36.7 Å². The summed E-state index contributed by atoms with van der Waals surface area (Å²) >= 11 is 0. The highest BCUT2D eigenvalue weighted by Crippen LogP contribution is 2.44. The molecule has 7 rings (SSSR count). The number of nitrogens with zero attached hydrogens (tertiary/aromatic N) is 6. The van der Waals surface area contributed by atoms with Gasteiger partial charge in [0.05, 0.1) is 34.7 Å². The lowest BCUT2D eigenvalue weighted by Crippen LogP contribution is -2.46. The second kappa shape index (κ2) is 14.0. The molecular formula is C35H44F3N7O3S. The number of hydrogen-bond acceptors (Lipinski definition) is 8. The highest BCUT2D eigenvalue weighted by atomic mass is 32.2. The molecule has 0 amide bonds. The number of aromatic nitrogens is 3. The molecule has 2 aromatic heterocycles. The number of nitriles is 1. The van der Waals surface area contributed by atoms with E-state index in [2.05, 4.69) is 26.3 Å². The van der Waals surface area contributed by atoms with Crippen molar-refractivity contribution in [3.8, 4) is 6.07 Å². The Bertz CT molecular complexity index is 1900. The summed E-state index contributed by atoms with van der Waals surface area (Å²) in [6, 6.07) is 7.27. The molecule has 0 radical (unpaired) electrons. The van der Waals surface area contributed by atoms with Crippen LogP contribution in [-0.4, -0.2) is 71.1 Å². The molecule has 1 N–H and O–H groups in total. The Hall–Kier alpha value is -3.54. The molecule has 0 unspecified atom stereocenters. The number of nitrogens with one attached hydrogen (secondary N) is 1. The van der Waals surface area contributed by atoms with Crippen LogP contribution < -0.4 is 10.9 Å². The first-order chi connectivity index (χ1) is 23.4. The molecule has 3 aromatic rings. The van der Waals surface area contributed by atoms with Gasteiger partial charge in [0.25, 0.3) is 11.5 Å². The van der Waals surface area contributed by atoms with Crippen LogP contribution in [0.25, 0.3) is 11.0 Å². The Balaban J connectivity index is 1.44. The molecule has 0 saturated carbocycles. The molecule has 10 nitrogen and oxygen atoms in total. The molecule has 0 spiro atoms. The van der Waals surface area contributed by atoms with E-state index in [1.165, 1.54) is 28.8 Å². The largest absolute Gasteiger partial charge is 0.363 e. The van der Waals surface area contributed by atoms with Gasteiger partial charge < -0.3 is 10.2 Å². The summed E-state index contributed by atoms with van der Waals surface area (Å²) in [4.78, 5) is 25.4. The van der Waals surface area contributed by atoms with Crippen molar-refractivity contribution in [1.29, 1.82) is 5.26 Å². The number of anilines is 1. The average Bonchev–Trinajstić information content (AvgIpc) is 3.08. The number of alkyl halides is 2. The monoisotopic (exact) mass is 699 g/mol. The van der Waals surface area contributed by atoms with Crippen molar-refractivity contribution in [3.63, 3.8) is 0 Å². The summed E-state index contributed by atoms with van der Waals surface area (Å²) in [5, 5.41) is 14.2. The van der Waals surface area contributed by atoms with Crippen LogP contribution >= 0.6 is 0 Å². The highest BCUT2D eigenvalue weighted by Gasteiger charge is 2.45. The van der Waals surface area contributed by atoms with E-state index in [9.17, 15) is 18.5 Å². The Morgan fingerprint density at radius 1 is 0.959 bits per heavy atom. The van der Waals surface area contributed by atoms with Crippen molar-refractivity contribution in [2.75, 3.05) is 44.3 Å². The van der Waals surface area contributed by atoms with Crippen LogP contribution in [-0.2, 0) is 27.9 Å². The molecule has 4 aliphatic heterocycles. The van der Waals surface area contributed by atoms with Gasteiger partial charge in [0.15, 0.2) is 0 Å². The summed E-state index contributed by atoms with van der Waals surface area (Å²) in [5.41, 5.74) is -1.58. The Morgan fingerprint density at radius 3 is 2.31 bits per heavy atom. The number of rotatable bonds is 2. The molecule has 8 bridgehead atoms. The molecule has 6 heterocycles. The molecule has 4 aliphatic rings. The topological polar surface area (TPSA) is 124 Å². The molecule has 2 fully saturated rings. The number of halogens is 3. The number of benzene rings is 1. The lowest BCUT2D eigenvalue weighted by Gasteiger charge is -2.36. The van der Waals surface area contributed by atoms with Gasteiger partial charge >= 0.3 is 0 Å². The van der Waals surface area contributed by atoms with E-state index in [-0.39, 0.29) is 48.4 Å². The fourth-order valence-corrected chi connectivity index (χ4v) is 8.63.